The second-order valence-electron chi connectivity index (χ2n) is 14.2. The van der Waals surface area contributed by atoms with Crippen LogP contribution >= 0.6 is 0 Å². The van der Waals surface area contributed by atoms with Gasteiger partial charge in [0.2, 0.25) is 0 Å². The second kappa shape index (κ2) is 11.0. The Labute approximate surface area is 257 Å². The van der Waals surface area contributed by atoms with E-state index >= 15 is 0 Å². The summed E-state index contributed by atoms with van der Waals surface area (Å²) in [6.07, 6.45) is 10.4. The standard InChI is InChI=1S/C33H41FN8O2/c1-20(2)30(22-9-24(10-22)41-13-25(43)14-41)42-16-33(17-42)7-8-40(15-33)31-32(39-38-19-37-31)44-28-6-5-23(34)11-26(28)27-12-35-18-36-29(27)21-3-4-21/h5-6,11-12,18-22,24-25,30,43H,3-4,7-10,13-17H2,1-2H3. The Morgan fingerprint density at radius 3 is 2.61 bits per heavy atom. The van der Waals surface area contributed by atoms with Crippen molar-refractivity contribution < 1.29 is 14.2 Å². The molecule has 3 aromatic rings. The lowest BCUT2D eigenvalue weighted by atomic mass is 9.67. The van der Waals surface area contributed by atoms with Gasteiger partial charge in [0.15, 0.2) is 5.82 Å². The number of hydrogen-bond acceptors (Lipinski definition) is 10. The van der Waals surface area contributed by atoms with Gasteiger partial charge in [-0.3, -0.25) is 9.80 Å². The molecule has 11 heteroatoms. The summed E-state index contributed by atoms with van der Waals surface area (Å²) in [7, 11) is 0. The number of β-amino-alcohol motifs (C(OH)–C–C–N with tert-alkyl or cyclic N) is 1. The average molecular weight is 601 g/mol. The summed E-state index contributed by atoms with van der Waals surface area (Å²) in [5, 5.41) is 18.1. The Bertz CT molecular complexity index is 1520. The van der Waals surface area contributed by atoms with Crippen molar-refractivity contribution in [3.63, 3.8) is 0 Å². The minimum absolute atomic E-state index is 0.122. The number of aliphatic hydroxyl groups is 1. The first-order valence-corrected chi connectivity index (χ1v) is 16.2. The molecule has 2 aromatic heterocycles. The maximum Gasteiger partial charge on any atom is 0.282 e. The van der Waals surface area contributed by atoms with Gasteiger partial charge in [-0.25, -0.2) is 19.3 Å². The van der Waals surface area contributed by atoms with E-state index in [1.807, 2.05) is 0 Å². The lowest BCUT2D eigenvalue weighted by Gasteiger charge is -2.58. The zero-order valence-electron chi connectivity index (χ0n) is 25.5. The van der Waals surface area contributed by atoms with Crippen LogP contribution < -0.4 is 9.64 Å². The van der Waals surface area contributed by atoms with Crippen molar-refractivity contribution in [1.29, 1.82) is 0 Å². The molecule has 3 aliphatic heterocycles. The molecule has 0 radical (unpaired) electrons. The summed E-state index contributed by atoms with van der Waals surface area (Å²) in [6, 6.07) is 5.79. The van der Waals surface area contributed by atoms with Gasteiger partial charge >= 0.3 is 0 Å². The molecular weight excluding hydrogens is 559 g/mol. The van der Waals surface area contributed by atoms with Crippen LogP contribution in [0.25, 0.3) is 11.1 Å². The van der Waals surface area contributed by atoms with Crippen LogP contribution in [0.4, 0.5) is 10.2 Å². The number of hydrogen-bond donors (Lipinski definition) is 1. The molecule has 5 fully saturated rings. The van der Waals surface area contributed by atoms with Crippen molar-refractivity contribution >= 4 is 5.82 Å². The molecule has 8 rings (SSSR count). The van der Waals surface area contributed by atoms with E-state index in [4.69, 9.17) is 4.74 Å². The van der Waals surface area contributed by atoms with E-state index in [1.54, 1.807) is 18.6 Å². The molecule has 1 atom stereocenters. The van der Waals surface area contributed by atoms with Gasteiger partial charge in [-0.1, -0.05) is 13.8 Å². The maximum absolute atomic E-state index is 14.5. The zero-order valence-corrected chi connectivity index (χ0v) is 25.5. The largest absolute Gasteiger partial charge is 0.434 e. The number of rotatable bonds is 9. The van der Waals surface area contributed by atoms with E-state index in [2.05, 4.69) is 53.7 Å². The fraction of sp³-hybridized carbons (Fsp3) is 0.606. The van der Waals surface area contributed by atoms with E-state index in [-0.39, 0.29) is 17.3 Å². The maximum atomic E-state index is 14.5. The highest BCUT2D eigenvalue weighted by Gasteiger charge is 2.53. The minimum atomic E-state index is -0.345. The Hall–Kier alpha value is -3.28. The van der Waals surface area contributed by atoms with Gasteiger partial charge in [-0.15, -0.1) is 10.2 Å². The van der Waals surface area contributed by atoms with Crippen LogP contribution in [-0.4, -0.2) is 97.5 Å². The van der Waals surface area contributed by atoms with Crippen molar-refractivity contribution in [2.75, 3.05) is 44.2 Å². The highest BCUT2D eigenvalue weighted by molar-refractivity contribution is 5.73. The Balaban J connectivity index is 0.962. The van der Waals surface area contributed by atoms with Gasteiger partial charge in [0, 0.05) is 80.0 Å². The highest BCUT2D eigenvalue weighted by Crippen LogP contribution is 2.49. The fourth-order valence-corrected chi connectivity index (χ4v) is 8.33. The van der Waals surface area contributed by atoms with Gasteiger partial charge in [-0.2, -0.15) is 0 Å². The molecule has 1 aromatic carbocycles. The Kier molecular flexibility index (Phi) is 7.03. The summed E-state index contributed by atoms with van der Waals surface area (Å²) < 4.78 is 20.9. The number of aromatic nitrogens is 5. The van der Waals surface area contributed by atoms with Crippen LogP contribution in [0.3, 0.4) is 0 Å². The van der Waals surface area contributed by atoms with Crippen LogP contribution in [0, 0.1) is 23.1 Å². The van der Waals surface area contributed by atoms with E-state index in [1.165, 1.54) is 31.3 Å². The molecule has 1 unspecified atom stereocenters. The van der Waals surface area contributed by atoms with Crippen molar-refractivity contribution in [2.24, 2.45) is 17.3 Å². The number of benzene rings is 1. The molecule has 232 valence electrons. The average Bonchev–Trinajstić information content (AvgIpc) is 3.72. The summed E-state index contributed by atoms with van der Waals surface area (Å²) in [4.78, 5) is 20.8. The third-order valence-corrected chi connectivity index (χ3v) is 10.7. The summed E-state index contributed by atoms with van der Waals surface area (Å²) >= 11 is 0. The Morgan fingerprint density at radius 1 is 1.05 bits per heavy atom. The number of aliphatic hydroxyl groups excluding tert-OH is 1. The van der Waals surface area contributed by atoms with Crippen LogP contribution in [0.1, 0.15) is 57.6 Å². The van der Waals surface area contributed by atoms with Crippen molar-refractivity contribution in [3.8, 4) is 22.8 Å². The molecular formula is C33H41FN8O2. The van der Waals surface area contributed by atoms with Crippen LogP contribution in [0.5, 0.6) is 11.6 Å². The van der Waals surface area contributed by atoms with E-state index < -0.39 is 0 Å². The van der Waals surface area contributed by atoms with Gasteiger partial charge in [0.05, 0.1) is 11.8 Å². The summed E-state index contributed by atoms with van der Waals surface area (Å²) in [6.45, 7) is 10.4. The van der Waals surface area contributed by atoms with Gasteiger partial charge < -0.3 is 14.7 Å². The summed E-state index contributed by atoms with van der Waals surface area (Å²) in [5.41, 5.74) is 2.57. The first kappa shape index (κ1) is 28.2. The number of nitrogens with zero attached hydrogens (tertiary/aromatic N) is 8. The number of likely N-dealkylation sites (tertiary alicyclic amines) is 2. The molecule has 5 heterocycles. The fourth-order valence-electron chi connectivity index (χ4n) is 8.33. The number of ether oxygens (including phenoxy) is 1. The first-order chi connectivity index (χ1) is 21.4. The molecule has 0 amide bonds. The minimum Gasteiger partial charge on any atom is -0.434 e. The van der Waals surface area contributed by atoms with Crippen LogP contribution in [0.2, 0.25) is 0 Å². The van der Waals surface area contributed by atoms with Crippen molar-refractivity contribution in [2.45, 2.75) is 70.1 Å². The van der Waals surface area contributed by atoms with Gasteiger partial charge in [0.1, 0.15) is 24.2 Å². The van der Waals surface area contributed by atoms with Crippen LogP contribution in [0.15, 0.2) is 37.1 Å². The first-order valence-electron chi connectivity index (χ1n) is 16.2. The summed E-state index contributed by atoms with van der Waals surface area (Å²) in [5.74, 6) is 2.87. The Morgan fingerprint density at radius 2 is 1.86 bits per heavy atom. The predicted molar refractivity (Wildman–Crippen MR) is 163 cm³/mol. The SMILES string of the molecule is CC(C)C(C1CC(N2CC(O)C2)C1)N1CC2(CCN(c3ncnnc3Oc3ccc(F)cc3-c3cncnc3C3CC3)C2)C1. The smallest absolute Gasteiger partial charge is 0.282 e. The third kappa shape index (κ3) is 5.12. The zero-order chi connectivity index (χ0) is 30.0. The second-order valence-corrected chi connectivity index (χ2v) is 14.2. The van der Waals surface area contributed by atoms with Crippen molar-refractivity contribution in [3.05, 3.63) is 48.6 Å². The normalized spacial score (nSPS) is 26.0. The molecule has 5 aliphatic rings. The highest BCUT2D eigenvalue weighted by atomic mass is 19.1. The molecule has 2 saturated carbocycles. The quantitative estimate of drug-likeness (QED) is 0.386. The van der Waals surface area contributed by atoms with E-state index in [0.717, 1.165) is 75.7 Å². The van der Waals surface area contributed by atoms with E-state index in [0.29, 0.717) is 46.9 Å². The van der Waals surface area contributed by atoms with Gasteiger partial charge in [0.25, 0.3) is 5.88 Å². The molecule has 10 nitrogen and oxygen atoms in total. The molecule has 3 saturated heterocycles. The molecule has 1 N–H and O–H groups in total. The predicted octanol–water partition coefficient (Wildman–Crippen LogP) is 4.13. The van der Waals surface area contributed by atoms with Crippen molar-refractivity contribution in [1.82, 2.24) is 34.9 Å². The lowest BCUT2D eigenvalue weighted by molar-refractivity contribution is -0.104. The van der Waals surface area contributed by atoms with Crippen LogP contribution in [-0.2, 0) is 0 Å². The number of halogens is 1. The monoisotopic (exact) mass is 600 g/mol. The topological polar surface area (TPSA) is 104 Å². The van der Waals surface area contributed by atoms with E-state index in [9.17, 15) is 9.50 Å². The molecule has 2 aliphatic carbocycles. The number of anilines is 1. The molecule has 0 bridgehead atoms. The lowest BCUT2D eigenvalue weighted by Crippen LogP contribution is -2.66. The third-order valence-electron chi connectivity index (χ3n) is 10.7. The molecule has 44 heavy (non-hydrogen) atoms. The van der Waals surface area contributed by atoms with Gasteiger partial charge in [-0.05, 0) is 62.1 Å². The molecule has 1 spiro atoms.